The summed E-state index contributed by atoms with van der Waals surface area (Å²) in [5.74, 6) is 0.703. The molecular weight excluding hydrogens is 318 g/mol. The van der Waals surface area contributed by atoms with Crippen LogP contribution in [0.25, 0.3) is 0 Å². The second-order valence-electron chi connectivity index (χ2n) is 7.49. The average Bonchev–Trinajstić information content (AvgIpc) is 2.62. The second-order valence-corrected chi connectivity index (χ2v) is 7.49. The summed E-state index contributed by atoms with van der Waals surface area (Å²) in [5.41, 5.74) is 1.14. The van der Waals surface area contributed by atoms with Crippen LogP contribution in [0, 0.1) is 0 Å². The van der Waals surface area contributed by atoms with Crippen molar-refractivity contribution >= 4 is 5.69 Å². The predicted molar refractivity (Wildman–Crippen MR) is 96.1 cm³/mol. The quantitative estimate of drug-likeness (QED) is 0.845. The fourth-order valence-corrected chi connectivity index (χ4v) is 3.88. The largest absolute Gasteiger partial charge is 0.474 e. The number of nitrogens with one attached hydrogen (secondary N) is 1. The Morgan fingerprint density at radius 3 is 2.56 bits per heavy atom. The lowest BCUT2D eigenvalue weighted by molar-refractivity contribution is -0.103. The predicted octanol–water partition coefficient (Wildman–Crippen LogP) is 1.72. The normalized spacial score (nSPS) is 28.6. The summed E-state index contributed by atoms with van der Waals surface area (Å²) in [5, 5.41) is 13.0. The van der Waals surface area contributed by atoms with Gasteiger partial charge in [0, 0.05) is 43.9 Å². The number of anilines is 1. The van der Waals surface area contributed by atoms with E-state index in [1.54, 1.807) is 0 Å². The van der Waals surface area contributed by atoms with Crippen LogP contribution in [0.2, 0.25) is 0 Å². The van der Waals surface area contributed by atoms with Gasteiger partial charge in [-0.2, -0.15) is 0 Å². The summed E-state index contributed by atoms with van der Waals surface area (Å²) < 4.78 is 12.2. The number of hydrogen-bond acceptors (Lipinski definition) is 6. The van der Waals surface area contributed by atoms with Gasteiger partial charge in [0.15, 0.2) is 0 Å². The number of aliphatic hydroxyl groups is 1. The minimum atomic E-state index is -0.152. The second kappa shape index (κ2) is 7.89. The molecule has 1 aromatic rings. The molecule has 3 fully saturated rings. The summed E-state index contributed by atoms with van der Waals surface area (Å²) in [6, 6.07) is 4.05. The van der Waals surface area contributed by atoms with Crippen molar-refractivity contribution in [1.82, 2.24) is 10.3 Å². The molecule has 3 heterocycles. The van der Waals surface area contributed by atoms with Gasteiger partial charge < -0.3 is 24.8 Å². The first kappa shape index (κ1) is 17.1. The van der Waals surface area contributed by atoms with Crippen molar-refractivity contribution in [2.75, 3.05) is 31.1 Å². The van der Waals surface area contributed by atoms with E-state index >= 15 is 0 Å². The van der Waals surface area contributed by atoms with Crippen LogP contribution in [0.4, 0.5) is 5.69 Å². The number of nitrogens with zero attached hydrogens (tertiary/aromatic N) is 2. The lowest BCUT2D eigenvalue weighted by atomic mass is 9.91. The van der Waals surface area contributed by atoms with E-state index in [9.17, 15) is 5.11 Å². The van der Waals surface area contributed by atoms with E-state index in [2.05, 4.69) is 15.2 Å². The molecule has 2 aliphatic heterocycles. The number of hydrogen-bond donors (Lipinski definition) is 2. The van der Waals surface area contributed by atoms with E-state index in [4.69, 9.17) is 9.47 Å². The SMILES string of the molecule is OC1CCN(c2ccnc(OC3CC(OC4CCNCC4)C3)c2)CC1. The highest BCUT2D eigenvalue weighted by Crippen LogP contribution is 2.31. The molecule has 0 unspecified atom stereocenters. The van der Waals surface area contributed by atoms with Crippen molar-refractivity contribution in [2.45, 2.75) is 62.9 Å². The van der Waals surface area contributed by atoms with Gasteiger partial charge in [-0.15, -0.1) is 0 Å². The highest BCUT2D eigenvalue weighted by Gasteiger charge is 2.34. The van der Waals surface area contributed by atoms with Gasteiger partial charge in [0.1, 0.15) is 6.10 Å². The summed E-state index contributed by atoms with van der Waals surface area (Å²) in [4.78, 5) is 6.66. The molecule has 0 aromatic carbocycles. The molecule has 6 nitrogen and oxygen atoms in total. The Hall–Kier alpha value is -1.37. The number of piperidine rings is 2. The maximum atomic E-state index is 9.65. The minimum Gasteiger partial charge on any atom is -0.474 e. The Kier molecular flexibility index (Phi) is 5.39. The van der Waals surface area contributed by atoms with E-state index in [1.807, 2.05) is 18.3 Å². The third-order valence-electron chi connectivity index (χ3n) is 5.56. The number of pyridine rings is 1. The molecule has 2 saturated heterocycles. The zero-order valence-corrected chi connectivity index (χ0v) is 14.8. The molecule has 25 heavy (non-hydrogen) atoms. The van der Waals surface area contributed by atoms with Crippen molar-refractivity contribution in [3.63, 3.8) is 0 Å². The standard InChI is InChI=1S/C19H29N3O3/c23-15-4-9-22(10-5-15)14-1-8-21-19(11-14)25-18-12-17(13-18)24-16-2-6-20-7-3-16/h1,8,11,15-18,20,23H,2-7,9-10,12-13H2. The van der Waals surface area contributed by atoms with Gasteiger partial charge >= 0.3 is 0 Å². The highest BCUT2D eigenvalue weighted by molar-refractivity contribution is 5.48. The summed E-state index contributed by atoms with van der Waals surface area (Å²) in [6.45, 7) is 3.92. The van der Waals surface area contributed by atoms with Crippen LogP contribution in [0.1, 0.15) is 38.5 Å². The van der Waals surface area contributed by atoms with Crippen molar-refractivity contribution < 1.29 is 14.6 Å². The van der Waals surface area contributed by atoms with Gasteiger partial charge in [-0.25, -0.2) is 4.98 Å². The van der Waals surface area contributed by atoms with Crippen LogP contribution in [0.5, 0.6) is 5.88 Å². The lowest BCUT2D eigenvalue weighted by Gasteiger charge is -2.38. The molecule has 0 amide bonds. The van der Waals surface area contributed by atoms with E-state index in [1.165, 1.54) is 0 Å². The third-order valence-corrected chi connectivity index (χ3v) is 5.56. The average molecular weight is 347 g/mol. The monoisotopic (exact) mass is 347 g/mol. The maximum absolute atomic E-state index is 9.65. The van der Waals surface area contributed by atoms with Crippen molar-refractivity contribution in [3.8, 4) is 5.88 Å². The number of ether oxygens (including phenoxy) is 2. The molecule has 1 aromatic heterocycles. The summed E-state index contributed by atoms with van der Waals surface area (Å²) in [6.07, 6.45) is 8.48. The first-order valence-electron chi connectivity index (χ1n) is 9.68. The van der Waals surface area contributed by atoms with E-state index in [0.717, 1.165) is 70.4 Å². The van der Waals surface area contributed by atoms with Crippen LogP contribution in [0.15, 0.2) is 18.3 Å². The van der Waals surface area contributed by atoms with Crippen LogP contribution >= 0.6 is 0 Å². The van der Waals surface area contributed by atoms with Crippen molar-refractivity contribution in [2.24, 2.45) is 0 Å². The molecule has 0 atom stereocenters. The van der Waals surface area contributed by atoms with Crippen LogP contribution in [0.3, 0.4) is 0 Å². The van der Waals surface area contributed by atoms with Crippen molar-refractivity contribution in [1.29, 1.82) is 0 Å². The highest BCUT2D eigenvalue weighted by atomic mass is 16.5. The number of aliphatic hydroxyl groups excluding tert-OH is 1. The molecule has 4 rings (SSSR count). The van der Waals surface area contributed by atoms with Gasteiger partial charge in [0.25, 0.3) is 0 Å². The lowest BCUT2D eigenvalue weighted by Crippen LogP contribution is -2.43. The Labute approximate surface area is 149 Å². The number of aromatic nitrogens is 1. The maximum Gasteiger partial charge on any atom is 0.215 e. The first-order chi connectivity index (χ1) is 12.3. The smallest absolute Gasteiger partial charge is 0.215 e. The first-order valence-corrected chi connectivity index (χ1v) is 9.68. The van der Waals surface area contributed by atoms with Crippen LogP contribution < -0.4 is 15.0 Å². The number of rotatable bonds is 5. The van der Waals surface area contributed by atoms with Crippen LogP contribution in [-0.2, 0) is 4.74 Å². The van der Waals surface area contributed by atoms with Gasteiger partial charge in [-0.1, -0.05) is 0 Å². The van der Waals surface area contributed by atoms with E-state index < -0.39 is 0 Å². The molecule has 0 bridgehead atoms. The molecule has 0 radical (unpaired) electrons. The van der Waals surface area contributed by atoms with Gasteiger partial charge in [0.2, 0.25) is 5.88 Å². The van der Waals surface area contributed by atoms with Gasteiger partial charge in [-0.05, 0) is 44.8 Å². The Balaban J connectivity index is 1.24. The zero-order chi connectivity index (χ0) is 17.1. The fourth-order valence-electron chi connectivity index (χ4n) is 3.88. The van der Waals surface area contributed by atoms with Gasteiger partial charge in [0.05, 0.1) is 18.3 Å². The third kappa shape index (κ3) is 4.43. The van der Waals surface area contributed by atoms with Gasteiger partial charge in [-0.3, -0.25) is 0 Å². The summed E-state index contributed by atoms with van der Waals surface area (Å²) in [7, 11) is 0. The molecule has 0 spiro atoms. The van der Waals surface area contributed by atoms with E-state index in [-0.39, 0.29) is 12.2 Å². The van der Waals surface area contributed by atoms with Crippen molar-refractivity contribution in [3.05, 3.63) is 18.3 Å². The molecule has 1 aliphatic carbocycles. The summed E-state index contributed by atoms with van der Waals surface area (Å²) >= 11 is 0. The Morgan fingerprint density at radius 2 is 1.80 bits per heavy atom. The van der Waals surface area contributed by atoms with E-state index in [0.29, 0.717) is 18.1 Å². The zero-order valence-electron chi connectivity index (χ0n) is 14.8. The molecule has 6 heteroatoms. The molecule has 1 saturated carbocycles. The molecule has 2 N–H and O–H groups in total. The topological polar surface area (TPSA) is 66.9 Å². The Bertz CT molecular complexity index is 551. The Morgan fingerprint density at radius 1 is 1.04 bits per heavy atom. The molecular formula is C19H29N3O3. The molecule has 3 aliphatic rings. The fraction of sp³-hybridized carbons (Fsp3) is 0.737. The van der Waals surface area contributed by atoms with Crippen LogP contribution in [-0.4, -0.2) is 60.7 Å². The minimum absolute atomic E-state index is 0.152. The molecule has 138 valence electrons.